The Bertz CT molecular complexity index is 809. The summed E-state index contributed by atoms with van der Waals surface area (Å²) in [6.45, 7) is -0.967. The first-order chi connectivity index (χ1) is 13.5. The van der Waals surface area contributed by atoms with Gasteiger partial charge in [-0.25, -0.2) is 4.79 Å². The normalized spacial score (nSPS) is 9.93. The van der Waals surface area contributed by atoms with Crippen LogP contribution in [0.15, 0.2) is 54.6 Å². The summed E-state index contributed by atoms with van der Waals surface area (Å²) >= 11 is 0. The van der Waals surface area contributed by atoms with Gasteiger partial charge in [0.15, 0.2) is 13.2 Å². The van der Waals surface area contributed by atoms with Crippen LogP contribution < -0.4 is 14.8 Å². The second-order valence-electron chi connectivity index (χ2n) is 5.79. The van der Waals surface area contributed by atoms with Crippen molar-refractivity contribution in [2.24, 2.45) is 0 Å². The van der Waals surface area contributed by atoms with Crippen molar-refractivity contribution < 1.29 is 28.6 Å². The molecule has 148 valence electrons. The zero-order chi connectivity index (χ0) is 20.4. The van der Waals surface area contributed by atoms with E-state index in [2.05, 4.69) is 5.32 Å². The van der Waals surface area contributed by atoms with Gasteiger partial charge in [-0.2, -0.15) is 0 Å². The molecular formula is C20H22N2O6. The first kappa shape index (κ1) is 20.8. The Morgan fingerprint density at radius 2 is 1.68 bits per heavy atom. The van der Waals surface area contributed by atoms with Crippen LogP contribution in [0.4, 0.5) is 5.69 Å². The van der Waals surface area contributed by atoms with E-state index in [1.54, 1.807) is 48.5 Å². The van der Waals surface area contributed by atoms with Crippen LogP contribution in [0.5, 0.6) is 11.5 Å². The summed E-state index contributed by atoms with van der Waals surface area (Å²) in [5.74, 6) is -0.438. The molecular weight excluding hydrogens is 364 g/mol. The molecule has 2 aromatic rings. The van der Waals surface area contributed by atoms with Gasteiger partial charge >= 0.3 is 5.97 Å². The Morgan fingerprint density at radius 3 is 2.39 bits per heavy atom. The topological polar surface area (TPSA) is 94.2 Å². The fraction of sp³-hybridized carbons (Fsp3) is 0.250. The molecule has 0 aromatic heterocycles. The largest absolute Gasteiger partial charge is 0.497 e. The molecule has 0 aliphatic carbocycles. The Balaban J connectivity index is 1.71. The SMILES string of the molecule is COc1cccc(NC(=O)CN(C)C(=O)COC(=O)COc2ccccc2)c1. The number of carbonyl (C=O) groups excluding carboxylic acids is 3. The number of para-hydroxylation sites is 1. The molecule has 2 aromatic carbocycles. The highest BCUT2D eigenvalue weighted by Gasteiger charge is 2.15. The average molecular weight is 386 g/mol. The zero-order valence-corrected chi connectivity index (χ0v) is 15.7. The van der Waals surface area contributed by atoms with Crippen molar-refractivity contribution in [2.75, 3.05) is 39.2 Å². The summed E-state index contributed by atoms with van der Waals surface area (Å²) in [7, 11) is 2.97. The lowest BCUT2D eigenvalue weighted by Crippen LogP contribution is -2.37. The van der Waals surface area contributed by atoms with Crippen molar-refractivity contribution in [1.29, 1.82) is 0 Å². The number of amides is 2. The number of nitrogens with zero attached hydrogens (tertiary/aromatic N) is 1. The minimum atomic E-state index is -0.675. The van der Waals surface area contributed by atoms with E-state index in [0.717, 1.165) is 0 Å². The number of carbonyl (C=O) groups is 3. The highest BCUT2D eigenvalue weighted by molar-refractivity contribution is 5.94. The Kier molecular flexibility index (Phi) is 7.83. The number of likely N-dealkylation sites (N-methyl/N-ethyl adjacent to an activating group) is 1. The van der Waals surface area contributed by atoms with Crippen LogP contribution in [0, 0.1) is 0 Å². The third-order valence-corrected chi connectivity index (χ3v) is 3.62. The van der Waals surface area contributed by atoms with E-state index in [-0.39, 0.29) is 19.1 Å². The summed E-state index contributed by atoms with van der Waals surface area (Å²) in [6, 6.07) is 15.6. The van der Waals surface area contributed by atoms with E-state index in [4.69, 9.17) is 14.2 Å². The first-order valence-electron chi connectivity index (χ1n) is 8.49. The predicted octanol–water partition coefficient (Wildman–Crippen LogP) is 1.71. The molecule has 0 aliphatic rings. The standard InChI is InChI=1S/C20H22N2O6/c1-22(12-18(23)21-15-7-6-10-17(11-15)26-2)19(24)13-28-20(25)14-27-16-8-4-3-5-9-16/h3-11H,12-14H2,1-2H3,(H,21,23). The predicted molar refractivity (Wildman–Crippen MR) is 102 cm³/mol. The second kappa shape index (κ2) is 10.6. The van der Waals surface area contributed by atoms with E-state index >= 15 is 0 Å². The summed E-state index contributed by atoms with van der Waals surface area (Å²) < 4.78 is 15.2. The molecule has 0 heterocycles. The molecule has 0 saturated carbocycles. The van der Waals surface area contributed by atoms with E-state index in [9.17, 15) is 14.4 Å². The lowest BCUT2D eigenvalue weighted by molar-refractivity contribution is -0.153. The monoisotopic (exact) mass is 386 g/mol. The maximum absolute atomic E-state index is 12.1. The highest BCUT2D eigenvalue weighted by Crippen LogP contribution is 2.16. The zero-order valence-electron chi connectivity index (χ0n) is 15.7. The van der Waals surface area contributed by atoms with Crippen LogP contribution in [0.1, 0.15) is 0 Å². The van der Waals surface area contributed by atoms with Crippen LogP contribution in [-0.4, -0.2) is 56.6 Å². The van der Waals surface area contributed by atoms with Crippen molar-refractivity contribution in [2.45, 2.75) is 0 Å². The average Bonchev–Trinajstić information content (AvgIpc) is 2.71. The smallest absolute Gasteiger partial charge is 0.344 e. The minimum absolute atomic E-state index is 0.186. The van der Waals surface area contributed by atoms with Crippen molar-refractivity contribution >= 4 is 23.5 Å². The lowest BCUT2D eigenvalue weighted by Gasteiger charge is -2.17. The van der Waals surface area contributed by atoms with Gasteiger partial charge in [0, 0.05) is 18.8 Å². The molecule has 0 bridgehead atoms. The fourth-order valence-corrected chi connectivity index (χ4v) is 2.16. The van der Waals surface area contributed by atoms with Gasteiger partial charge in [-0.1, -0.05) is 24.3 Å². The number of nitrogens with one attached hydrogen (secondary N) is 1. The van der Waals surface area contributed by atoms with Gasteiger partial charge in [-0.15, -0.1) is 0 Å². The van der Waals surface area contributed by atoms with E-state index in [1.807, 2.05) is 6.07 Å². The van der Waals surface area contributed by atoms with Crippen molar-refractivity contribution in [3.05, 3.63) is 54.6 Å². The van der Waals surface area contributed by atoms with Crippen LogP contribution in [0.2, 0.25) is 0 Å². The molecule has 0 radical (unpaired) electrons. The fourth-order valence-electron chi connectivity index (χ4n) is 2.16. The summed E-state index contributed by atoms with van der Waals surface area (Å²) in [6.07, 6.45) is 0. The Morgan fingerprint density at radius 1 is 0.964 bits per heavy atom. The molecule has 2 amide bonds. The van der Waals surface area contributed by atoms with E-state index in [1.165, 1.54) is 19.1 Å². The maximum atomic E-state index is 12.1. The minimum Gasteiger partial charge on any atom is -0.497 e. The van der Waals surface area contributed by atoms with E-state index < -0.39 is 18.5 Å². The lowest BCUT2D eigenvalue weighted by atomic mass is 10.3. The molecule has 8 nitrogen and oxygen atoms in total. The molecule has 2 rings (SSSR count). The highest BCUT2D eigenvalue weighted by atomic mass is 16.6. The van der Waals surface area contributed by atoms with Crippen LogP contribution >= 0.6 is 0 Å². The summed E-state index contributed by atoms with van der Waals surface area (Å²) in [4.78, 5) is 36.9. The summed E-state index contributed by atoms with van der Waals surface area (Å²) in [5.41, 5.74) is 0.551. The van der Waals surface area contributed by atoms with Crippen molar-refractivity contribution in [1.82, 2.24) is 4.90 Å². The van der Waals surface area contributed by atoms with Gasteiger partial charge in [0.2, 0.25) is 5.91 Å². The van der Waals surface area contributed by atoms with Crippen LogP contribution in [-0.2, 0) is 19.1 Å². The molecule has 0 aliphatic heterocycles. The van der Waals surface area contributed by atoms with E-state index in [0.29, 0.717) is 17.2 Å². The second-order valence-corrected chi connectivity index (χ2v) is 5.79. The van der Waals surface area contributed by atoms with Gasteiger partial charge in [0.1, 0.15) is 11.5 Å². The molecule has 1 N–H and O–H groups in total. The van der Waals surface area contributed by atoms with Crippen molar-refractivity contribution in [3.63, 3.8) is 0 Å². The third kappa shape index (κ3) is 6.99. The van der Waals surface area contributed by atoms with Gasteiger partial charge in [0.25, 0.3) is 5.91 Å². The number of ether oxygens (including phenoxy) is 3. The Labute approximate surface area is 163 Å². The summed E-state index contributed by atoms with van der Waals surface area (Å²) in [5, 5.41) is 2.67. The number of rotatable bonds is 9. The molecule has 28 heavy (non-hydrogen) atoms. The molecule has 0 atom stereocenters. The Hall–Kier alpha value is -3.55. The number of hydrogen-bond acceptors (Lipinski definition) is 6. The number of esters is 1. The third-order valence-electron chi connectivity index (χ3n) is 3.62. The maximum Gasteiger partial charge on any atom is 0.344 e. The number of hydrogen-bond donors (Lipinski definition) is 1. The number of benzene rings is 2. The molecule has 0 spiro atoms. The van der Waals surface area contributed by atoms with Gasteiger partial charge < -0.3 is 24.4 Å². The van der Waals surface area contributed by atoms with Crippen molar-refractivity contribution in [3.8, 4) is 11.5 Å². The molecule has 8 heteroatoms. The first-order valence-corrected chi connectivity index (χ1v) is 8.49. The van der Waals surface area contributed by atoms with Crippen LogP contribution in [0.25, 0.3) is 0 Å². The van der Waals surface area contributed by atoms with Gasteiger partial charge in [0.05, 0.1) is 13.7 Å². The number of methoxy groups -OCH3 is 1. The molecule has 0 unspecified atom stereocenters. The number of anilines is 1. The quantitative estimate of drug-likeness (QED) is 0.660. The van der Waals surface area contributed by atoms with Gasteiger partial charge in [-0.3, -0.25) is 9.59 Å². The van der Waals surface area contributed by atoms with Gasteiger partial charge in [-0.05, 0) is 24.3 Å². The van der Waals surface area contributed by atoms with Crippen LogP contribution in [0.3, 0.4) is 0 Å². The molecule has 0 saturated heterocycles. The molecule has 0 fully saturated rings.